The van der Waals surface area contributed by atoms with Gasteiger partial charge in [0.15, 0.2) is 11.6 Å². The lowest BCUT2D eigenvalue weighted by Gasteiger charge is -2.19. The average molecular weight is 313 g/mol. The number of anilines is 2. The molecule has 0 unspecified atom stereocenters. The van der Waals surface area contributed by atoms with E-state index < -0.39 is 0 Å². The smallest absolute Gasteiger partial charge is 0.272 e. The largest absolute Gasteiger partial charge is 0.355 e. The summed E-state index contributed by atoms with van der Waals surface area (Å²) in [4.78, 5) is 34.4. The minimum Gasteiger partial charge on any atom is -0.355 e. The lowest BCUT2D eigenvalue weighted by atomic mass is 10.2. The molecular formula is C16H19N5O2. The molecule has 1 aliphatic rings. The van der Waals surface area contributed by atoms with Crippen LogP contribution in [0.4, 0.5) is 11.5 Å². The van der Waals surface area contributed by atoms with Crippen molar-refractivity contribution < 1.29 is 9.59 Å². The Balaban J connectivity index is 1.84. The van der Waals surface area contributed by atoms with E-state index in [0.29, 0.717) is 16.9 Å². The van der Waals surface area contributed by atoms with E-state index in [9.17, 15) is 9.59 Å². The van der Waals surface area contributed by atoms with Gasteiger partial charge >= 0.3 is 0 Å². The molecular weight excluding hydrogens is 294 g/mol. The minimum atomic E-state index is -0.282. The van der Waals surface area contributed by atoms with Crippen LogP contribution in [0.15, 0.2) is 24.8 Å². The predicted molar refractivity (Wildman–Crippen MR) is 86.8 cm³/mol. The van der Waals surface area contributed by atoms with Gasteiger partial charge in [0.1, 0.15) is 17.7 Å². The summed E-state index contributed by atoms with van der Waals surface area (Å²) in [5, 5.41) is 2.86. The maximum absolute atomic E-state index is 12.5. The van der Waals surface area contributed by atoms with E-state index in [0.717, 1.165) is 31.7 Å². The molecule has 2 aromatic heterocycles. The molecule has 3 rings (SSSR count). The number of nitrogens with one attached hydrogen (secondary N) is 1. The third kappa shape index (κ3) is 3.08. The number of Topliss-reactive ketones (excluding diaryl/α,β-unsaturated/α-hetero) is 1. The zero-order valence-electron chi connectivity index (χ0n) is 13.2. The van der Waals surface area contributed by atoms with Gasteiger partial charge in [-0.15, -0.1) is 0 Å². The molecule has 0 spiro atoms. The van der Waals surface area contributed by atoms with E-state index >= 15 is 0 Å². The number of hydrogen-bond donors (Lipinski definition) is 1. The summed E-state index contributed by atoms with van der Waals surface area (Å²) in [6.07, 6.45) is 6.99. The SMILES string of the molecule is CC(=O)c1cc(C(=O)Nc2cncnc2N2CCCC2)n(C)c1. The molecule has 0 aromatic carbocycles. The van der Waals surface area contributed by atoms with Crippen molar-refractivity contribution in [3.05, 3.63) is 36.0 Å². The number of carbonyl (C=O) groups is 2. The zero-order chi connectivity index (χ0) is 16.4. The normalized spacial score (nSPS) is 14.1. The van der Waals surface area contributed by atoms with Crippen LogP contribution >= 0.6 is 0 Å². The van der Waals surface area contributed by atoms with E-state index in [1.807, 2.05) is 0 Å². The van der Waals surface area contributed by atoms with Crippen molar-refractivity contribution >= 4 is 23.2 Å². The van der Waals surface area contributed by atoms with Crippen molar-refractivity contribution in [2.75, 3.05) is 23.3 Å². The van der Waals surface area contributed by atoms with Crippen LogP contribution in [0.1, 0.15) is 40.6 Å². The first-order valence-corrected chi connectivity index (χ1v) is 7.60. The second-order valence-electron chi connectivity index (χ2n) is 5.69. The second kappa shape index (κ2) is 6.20. The van der Waals surface area contributed by atoms with Crippen molar-refractivity contribution in [1.82, 2.24) is 14.5 Å². The topological polar surface area (TPSA) is 80.1 Å². The molecule has 1 N–H and O–H groups in total. The highest BCUT2D eigenvalue weighted by Crippen LogP contribution is 2.25. The summed E-state index contributed by atoms with van der Waals surface area (Å²) < 4.78 is 1.64. The van der Waals surface area contributed by atoms with E-state index in [1.54, 1.807) is 30.1 Å². The van der Waals surface area contributed by atoms with Crippen LogP contribution in [0, 0.1) is 0 Å². The average Bonchev–Trinajstić information content (AvgIpc) is 3.17. The van der Waals surface area contributed by atoms with E-state index in [4.69, 9.17) is 0 Å². The highest BCUT2D eigenvalue weighted by molar-refractivity contribution is 6.06. The van der Waals surface area contributed by atoms with Crippen molar-refractivity contribution in [3.8, 4) is 0 Å². The van der Waals surface area contributed by atoms with Crippen molar-refractivity contribution in [2.45, 2.75) is 19.8 Å². The Labute approximate surface area is 134 Å². The Morgan fingerprint density at radius 3 is 2.65 bits per heavy atom. The Morgan fingerprint density at radius 2 is 2.00 bits per heavy atom. The third-order valence-electron chi connectivity index (χ3n) is 3.99. The molecule has 3 heterocycles. The summed E-state index contributed by atoms with van der Waals surface area (Å²) in [6.45, 7) is 3.34. The summed E-state index contributed by atoms with van der Waals surface area (Å²) in [5.41, 5.74) is 1.53. The van der Waals surface area contributed by atoms with Crippen LogP contribution < -0.4 is 10.2 Å². The van der Waals surface area contributed by atoms with Crippen LogP contribution in [0.2, 0.25) is 0 Å². The van der Waals surface area contributed by atoms with Crippen LogP contribution in [-0.4, -0.2) is 39.3 Å². The molecule has 0 aliphatic carbocycles. The summed E-state index contributed by atoms with van der Waals surface area (Å²) in [7, 11) is 1.74. The molecule has 7 heteroatoms. The number of carbonyl (C=O) groups excluding carboxylic acids is 2. The monoisotopic (exact) mass is 313 g/mol. The van der Waals surface area contributed by atoms with Gasteiger partial charge < -0.3 is 14.8 Å². The quantitative estimate of drug-likeness (QED) is 0.872. The maximum atomic E-state index is 12.5. The first-order chi connectivity index (χ1) is 11.1. The Kier molecular flexibility index (Phi) is 4.10. The number of aryl methyl sites for hydroxylation is 1. The van der Waals surface area contributed by atoms with E-state index in [-0.39, 0.29) is 11.7 Å². The zero-order valence-corrected chi connectivity index (χ0v) is 13.2. The lowest BCUT2D eigenvalue weighted by molar-refractivity contribution is 0.101. The first kappa shape index (κ1) is 15.2. The fourth-order valence-corrected chi connectivity index (χ4v) is 2.76. The van der Waals surface area contributed by atoms with Gasteiger partial charge in [0.05, 0.1) is 6.20 Å². The standard InChI is InChI=1S/C16H19N5O2/c1-11(22)12-7-14(20(2)9-12)16(23)19-13-8-17-10-18-15(13)21-5-3-4-6-21/h7-10H,3-6H2,1-2H3,(H,19,23). The van der Waals surface area contributed by atoms with E-state index in [1.165, 1.54) is 13.3 Å². The summed E-state index contributed by atoms with van der Waals surface area (Å²) in [5.74, 6) is 0.391. The van der Waals surface area contributed by atoms with E-state index in [2.05, 4.69) is 20.2 Å². The van der Waals surface area contributed by atoms with Gasteiger partial charge in [0.25, 0.3) is 5.91 Å². The molecule has 2 aromatic rings. The molecule has 7 nitrogen and oxygen atoms in total. The highest BCUT2D eigenvalue weighted by Gasteiger charge is 2.20. The molecule has 1 amide bonds. The fourth-order valence-electron chi connectivity index (χ4n) is 2.76. The van der Waals surface area contributed by atoms with Crippen LogP contribution in [0.5, 0.6) is 0 Å². The van der Waals surface area contributed by atoms with Crippen LogP contribution in [-0.2, 0) is 7.05 Å². The third-order valence-corrected chi connectivity index (χ3v) is 3.99. The first-order valence-electron chi connectivity index (χ1n) is 7.60. The molecule has 0 saturated carbocycles. The number of nitrogens with zero attached hydrogens (tertiary/aromatic N) is 4. The molecule has 1 saturated heterocycles. The molecule has 0 atom stereocenters. The number of rotatable bonds is 4. The number of amides is 1. The molecule has 1 fully saturated rings. The van der Waals surface area contributed by atoms with Gasteiger partial charge in [-0.1, -0.05) is 0 Å². The number of hydrogen-bond acceptors (Lipinski definition) is 5. The van der Waals surface area contributed by atoms with Crippen molar-refractivity contribution in [1.29, 1.82) is 0 Å². The van der Waals surface area contributed by atoms with Crippen LogP contribution in [0.3, 0.4) is 0 Å². The lowest BCUT2D eigenvalue weighted by Crippen LogP contribution is -2.23. The van der Waals surface area contributed by atoms with Gasteiger partial charge in [-0.2, -0.15) is 0 Å². The molecule has 1 aliphatic heterocycles. The molecule has 23 heavy (non-hydrogen) atoms. The highest BCUT2D eigenvalue weighted by atomic mass is 16.2. The molecule has 120 valence electrons. The second-order valence-corrected chi connectivity index (χ2v) is 5.69. The Morgan fingerprint density at radius 1 is 1.26 bits per heavy atom. The molecule has 0 bridgehead atoms. The van der Waals surface area contributed by atoms with Crippen molar-refractivity contribution in [2.24, 2.45) is 7.05 Å². The van der Waals surface area contributed by atoms with Gasteiger partial charge in [-0.25, -0.2) is 9.97 Å². The number of ketones is 1. The van der Waals surface area contributed by atoms with Gasteiger partial charge in [0, 0.05) is 31.9 Å². The summed E-state index contributed by atoms with van der Waals surface area (Å²) in [6, 6.07) is 1.59. The minimum absolute atomic E-state index is 0.0690. The Bertz CT molecular complexity index is 747. The number of aromatic nitrogens is 3. The van der Waals surface area contributed by atoms with Gasteiger partial charge in [-0.05, 0) is 25.8 Å². The Hall–Kier alpha value is -2.70. The van der Waals surface area contributed by atoms with Gasteiger partial charge in [0.2, 0.25) is 0 Å². The van der Waals surface area contributed by atoms with Gasteiger partial charge in [-0.3, -0.25) is 9.59 Å². The predicted octanol–water partition coefficient (Wildman–Crippen LogP) is 1.87. The molecule has 0 radical (unpaired) electrons. The fraction of sp³-hybridized carbons (Fsp3) is 0.375. The maximum Gasteiger partial charge on any atom is 0.272 e. The van der Waals surface area contributed by atoms with Crippen LogP contribution in [0.25, 0.3) is 0 Å². The summed E-state index contributed by atoms with van der Waals surface area (Å²) >= 11 is 0. The van der Waals surface area contributed by atoms with Crippen molar-refractivity contribution in [3.63, 3.8) is 0 Å².